The number of aryl methyl sites for hydroxylation is 2. The van der Waals surface area contributed by atoms with Crippen LogP contribution in [0.15, 0.2) is 48.5 Å². The molecule has 1 aliphatic carbocycles. The van der Waals surface area contributed by atoms with Crippen molar-refractivity contribution in [1.29, 1.82) is 0 Å². The summed E-state index contributed by atoms with van der Waals surface area (Å²) in [5.41, 5.74) is 4.48. The van der Waals surface area contributed by atoms with Crippen molar-refractivity contribution in [2.45, 2.75) is 59.6 Å². The first-order valence-corrected chi connectivity index (χ1v) is 11.6. The van der Waals surface area contributed by atoms with Gasteiger partial charge in [0.15, 0.2) is 17.6 Å². The second-order valence-corrected chi connectivity index (χ2v) is 9.68. The number of carbonyl (C=O) groups excluding carboxylic acids is 1. The molecule has 1 aromatic heterocycles. The summed E-state index contributed by atoms with van der Waals surface area (Å²) in [5, 5.41) is 0. The highest BCUT2D eigenvalue weighted by atomic mass is 127. The minimum atomic E-state index is -0.139. The Kier molecular flexibility index (Phi) is 8.01. The number of hydrogen-bond acceptors (Lipinski definition) is 2. The van der Waals surface area contributed by atoms with Crippen LogP contribution >= 0.6 is 0 Å². The van der Waals surface area contributed by atoms with Crippen LogP contribution in [0.5, 0.6) is 0 Å². The third kappa shape index (κ3) is 5.03. The molecule has 0 bridgehead atoms. The maximum atomic E-state index is 13.2. The van der Waals surface area contributed by atoms with Gasteiger partial charge in [-0.3, -0.25) is 0 Å². The summed E-state index contributed by atoms with van der Waals surface area (Å²) in [4.78, 5) is 13.2. The number of halogens is 1. The summed E-state index contributed by atoms with van der Waals surface area (Å²) < 4.78 is 10.4. The first kappa shape index (κ1) is 24.7. The van der Waals surface area contributed by atoms with Crippen molar-refractivity contribution in [1.82, 2.24) is 4.57 Å². The number of imidazole rings is 1. The molecule has 1 heterocycles. The summed E-state index contributed by atoms with van der Waals surface area (Å²) in [5.74, 6) is 2.48. The molecule has 0 aliphatic heterocycles. The molecule has 1 aliphatic rings. The van der Waals surface area contributed by atoms with E-state index in [1.165, 1.54) is 12.0 Å². The lowest BCUT2D eigenvalue weighted by molar-refractivity contribution is -0.634. The molecule has 0 spiro atoms. The van der Waals surface area contributed by atoms with E-state index in [1.54, 1.807) is 0 Å². The predicted molar refractivity (Wildman–Crippen MR) is 125 cm³/mol. The van der Waals surface area contributed by atoms with E-state index in [9.17, 15) is 4.79 Å². The van der Waals surface area contributed by atoms with E-state index in [2.05, 4.69) is 80.3 Å². The quantitative estimate of drug-likeness (QED) is 0.280. The number of hydrogen-bond donors (Lipinski definition) is 0. The number of aromatic nitrogens is 2. The molecule has 172 valence electrons. The monoisotopic (exact) mass is 546 g/mol. The number of esters is 1. The second-order valence-electron chi connectivity index (χ2n) is 9.68. The van der Waals surface area contributed by atoms with Crippen LogP contribution in [0.1, 0.15) is 45.6 Å². The van der Waals surface area contributed by atoms with E-state index in [1.807, 2.05) is 12.1 Å². The fourth-order valence-electron chi connectivity index (χ4n) is 5.18. The average Bonchev–Trinajstić information content (AvgIpc) is 3.00. The van der Waals surface area contributed by atoms with Crippen LogP contribution in [0.3, 0.4) is 0 Å². The summed E-state index contributed by atoms with van der Waals surface area (Å²) in [6.07, 6.45) is 3.37. The van der Waals surface area contributed by atoms with E-state index in [-0.39, 0.29) is 42.6 Å². The highest BCUT2D eigenvalue weighted by Gasteiger charge is 2.34. The molecule has 5 heteroatoms. The van der Waals surface area contributed by atoms with E-state index in [0.29, 0.717) is 17.8 Å². The highest BCUT2D eigenvalue weighted by molar-refractivity contribution is 5.79. The Morgan fingerprint density at radius 3 is 2.50 bits per heavy atom. The van der Waals surface area contributed by atoms with Gasteiger partial charge in [-0.25, -0.2) is 13.9 Å². The smallest absolute Gasteiger partial charge is 0.348 e. The molecule has 1 unspecified atom stereocenters. The van der Waals surface area contributed by atoms with Crippen molar-refractivity contribution < 1.29 is 38.1 Å². The predicted octanol–water partition coefficient (Wildman–Crippen LogP) is 2.45. The van der Waals surface area contributed by atoms with Crippen LogP contribution in [-0.2, 0) is 23.1 Å². The van der Waals surface area contributed by atoms with Gasteiger partial charge < -0.3 is 28.7 Å². The van der Waals surface area contributed by atoms with Gasteiger partial charge >= 0.3 is 5.97 Å². The van der Waals surface area contributed by atoms with Gasteiger partial charge in [0, 0.05) is 0 Å². The van der Waals surface area contributed by atoms with Gasteiger partial charge in [-0.15, -0.1) is 0 Å². The largest absolute Gasteiger partial charge is 1.00 e. The fourth-order valence-corrected chi connectivity index (χ4v) is 5.18. The number of rotatable bonds is 5. The number of fused-ring (bicyclic) bond motifs is 1. The Morgan fingerprint density at radius 2 is 1.81 bits per heavy atom. The molecule has 3 atom stereocenters. The van der Waals surface area contributed by atoms with Crippen molar-refractivity contribution in [2.75, 3.05) is 0 Å². The Labute approximate surface area is 209 Å². The number of nitrogens with zero attached hydrogens (tertiary/aromatic N) is 2. The SMILES string of the molecule is Cc1ccc(-c2n(CC(=O)OC3C[C@H](C)CC[C@H]3C(C)C)c3ccccc3[n+]2C)cc1.[I-]. The van der Waals surface area contributed by atoms with Crippen molar-refractivity contribution in [3.05, 3.63) is 54.1 Å². The number of ether oxygens (including phenoxy) is 1. The van der Waals surface area contributed by atoms with Crippen LogP contribution in [0, 0.1) is 24.7 Å². The molecule has 4 rings (SSSR count). The maximum absolute atomic E-state index is 13.2. The minimum absolute atomic E-state index is 0. The topological polar surface area (TPSA) is 35.1 Å². The van der Waals surface area contributed by atoms with Gasteiger partial charge in [-0.2, -0.15) is 0 Å². The van der Waals surface area contributed by atoms with Gasteiger partial charge in [0.2, 0.25) is 0 Å². The van der Waals surface area contributed by atoms with Gasteiger partial charge in [0.05, 0.1) is 12.6 Å². The fraction of sp³-hybridized carbons (Fsp3) is 0.481. The van der Waals surface area contributed by atoms with E-state index < -0.39 is 0 Å². The van der Waals surface area contributed by atoms with Gasteiger partial charge in [-0.05, 0) is 61.8 Å². The molecule has 3 aromatic rings. The van der Waals surface area contributed by atoms with Crippen LogP contribution in [0.2, 0.25) is 0 Å². The zero-order valence-electron chi connectivity index (χ0n) is 19.8. The summed E-state index contributed by atoms with van der Waals surface area (Å²) in [6.45, 7) is 9.08. The van der Waals surface area contributed by atoms with Crippen LogP contribution in [0.4, 0.5) is 0 Å². The Bertz CT molecular complexity index is 1070. The van der Waals surface area contributed by atoms with Crippen molar-refractivity contribution >= 4 is 17.0 Å². The summed E-state index contributed by atoms with van der Waals surface area (Å²) in [7, 11) is 2.07. The lowest BCUT2D eigenvalue weighted by Gasteiger charge is -2.36. The Hall–Kier alpha value is -1.89. The Balaban J connectivity index is 0.00000289. The molecule has 2 aromatic carbocycles. The molecule has 0 amide bonds. The zero-order chi connectivity index (χ0) is 22.1. The zero-order valence-corrected chi connectivity index (χ0v) is 22.0. The third-order valence-corrected chi connectivity index (χ3v) is 6.95. The van der Waals surface area contributed by atoms with E-state index in [0.717, 1.165) is 35.3 Å². The van der Waals surface area contributed by atoms with Gasteiger partial charge in [0.1, 0.15) is 6.10 Å². The van der Waals surface area contributed by atoms with Crippen LogP contribution in [0.25, 0.3) is 22.4 Å². The second kappa shape index (κ2) is 10.4. The number of benzene rings is 2. The molecule has 1 fully saturated rings. The lowest BCUT2D eigenvalue weighted by Crippen LogP contribution is -3.00. The van der Waals surface area contributed by atoms with Crippen molar-refractivity contribution in [3.63, 3.8) is 0 Å². The molecular weight excluding hydrogens is 511 g/mol. The van der Waals surface area contributed by atoms with Crippen molar-refractivity contribution in [3.8, 4) is 11.4 Å². The third-order valence-electron chi connectivity index (χ3n) is 6.95. The minimum Gasteiger partial charge on any atom is -1.00 e. The Morgan fingerprint density at radius 1 is 1.12 bits per heavy atom. The molecular formula is C27H35IN2O2. The number of para-hydroxylation sites is 2. The molecule has 4 nitrogen and oxygen atoms in total. The van der Waals surface area contributed by atoms with Gasteiger partial charge in [0.25, 0.3) is 5.82 Å². The first-order chi connectivity index (χ1) is 14.8. The average molecular weight is 546 g/mol. The molecule has 1 saturated carbocycles. The van der Waals surface area contributed by atoms with Crippen LogP contribution < -0.4 is 28.5 Å². The molecule has 0 N–H and O–H groups in total. The first-order valence-electron chi connectivity index (χ1n) is 11.6. The van der Waals surface area contributed by atoms with Gasteiger partial charge in [-0.1, -0.05) is 57.0 Å². The summed E-state index contributed by atoms with van der Waals surface area (Å²) >= 11 is 0. The van der Waals surface area contributed by atoms with E-state index >= 15 is 0 Å². The maximum Gasteiger partial charge on any atom is 0.348 e. The molecule has 0 radical (unpaired) electrons. The lowest BCUT2D eigenvalue weighted by atomic mass is 9.75. The molecule has 32 heavy (non-hydrogen) atoms. The highest BCUT2D eigenvalue weighted by Crippen LogP contribution is 2.35. The van der Waals surface area contributed by atoms with Crippen LogP contribution in [-0.4, -0.2) is 16.6 Å². The summed E-state index contributed by atoms with van der Waals surface area (Å²) in [6, 6.07) is 16.7. The normalized spacial score (nSPS) is 20.9. The standard InChI is InChI=1S/C27H35N2O2.HI/c1-18(2)22-15-12-20(4)16-25(22)31-26(30)17-29-24-9-7-6-8-23(24)28(5)27(29)21-13-10-19(3)11-14-21;/h6-11,13-14,18,20,22,25H,12,15-17H2,1-5H3;1H/q+1;/p-1/t20-,22+,25?;/m1./s1. The molecule has 0 saturated heterocycles. The van der Waals surface area contributed by atoms with E-state index in [4.69, 9.17) is 4.74 Å². The number of carbonyl (C=O) groups is 1. The van der Waals surface area contributed by atoms with Crippen molar-refractivity contribution in [2.24, 2.45) is 24.8 Å².